The van der Waals surface area contributed by atoms with Crippen LogP contribution in [0, 0.1) is 0 Å². The standard InChI is InChI=1S/C8H12BrN3/c1-8(2)5-12-6(9)3-10-7(12)4-11-8/h3,11H,4-5H2,1-2H3. The smallest absolute Gasteiger partial charge is 0.123 e. The number of hydrogen-bond donors (Lipinski definition) is 1. The molecular weight excluding hydrogens is 218 g/mol. The summed E-state index contributed by atoms with van der Waals surface area (Å²) in [6, 6.07) is 0. The van der Waals surface area contributed by atoms with Crippen LogP contribution in [0.15, 0.2) is 10.8 Å². The van der Waals surface area contributed by atoms with E-state index in [0.717, 1.165) is 23.5 Å². The van der Waals surface area contributed by atoms with Crippen LogP contribution in [0.4, 0.5) is 0 Å². The van der Waals surface area contributed by atoms with Crippen LogP contribution in [-0.4, -0.2) is 15.1 Å². The number of aromatic nitrogens is 2. The van der Waals surface area contributed by atoms with Crippen molar-refractivity contribution >= 4 is 15.9 Å². The summed E-state index contributed by atoms with van der Waals surface area (Å²) >= 11 is 3.48. The van der Waals surface area contributed by atoms with Gasteiger partial charge in [0.25, 0.3) is 0 Å². The van der Waals surface area contributed by atoms with Crippen LogP contribution >= 0.6 is 15.9 Å². The first kappa shape index (κ1) is 8.26. The van der Waals surface area contributed by atoms with E-state index in [1.807, 2.05) is 6.20 Å². The summed E-state index contributed by atoms with van der Waals surface area (Å²) in [4.78, 5) is 4.28. The Kier molecular flexibility index (Phi) is 1.77. The second-order valence-corrected chi connectivity index (χ2v) is 4.63. The van der Waals surface area contributed by atoms with Gasteiger partial charge in [-0.15, -0.1) is 0 Å². The van der Waals surface area contributed by atoms with E-state index in [9.17, 15) is 0 Å². The van der Waals surface area contributed by atoms with Crippen molar-refractivity contribution in [1.29, 1.82) is 0 Å². The fraction of sp³-hybridized carbons (Fsp3) is 0.625. The topological polar surface area (TPSA) is 29.9 Å². The minimum atomic E-state index is 0.177. The maximum Gasteiger partial charge on any atom is 0.123 e. The Labute approximate surface area is 80.3 Å². The van der Waals surface area contributed by atoms with Gasteiger partial charge >= 0.3 is 0 Å². The van der Waals surface area contributed by atoms with Gasteiger partial charge in [-0.1, -0.05) is 0 Å². The highest BCUT2D eigenvalue weighted by Gasteiger charge is 2.25. The highest BCUT2D eigenvalue weighted by atomic mass is 79.9. The Bertz CT molecular complexity index is 303. The largest absolute Gasteiger partial charge is 0.320 e. The third-order valence-electron chi connectivity index (χ3n) is 2.17. The van der Waals surface area contributed by atoms with Crippen LogP contribution in [0.3, 0.4) is 0 Å². The van der Waals surface area contributed by atoms with Crippen LogP contribution in [0.25, 0.3) is 0 Å². The van der Waals surface area contributed by atoms with Gasteiger partial charge in [-0.05, 0) is 29.8 Å². The number of imidazole rings is 1. The second kappa shape index (κ2) is 2.57. The molecule has 4 heteroatoms. The predicted octanol–water partition coefficient (Wildman–Crippen LogP) is 1.53. The van der Waals surface area contributed by atoms with E-state index in [1.165, 1.54) is 0 Å². The van der Waals surface area contributed by atoms with Gasteiger partial charge in [-0.25, -0.2) is 4.98 Å². The Balaban J connectivity index is 2.38. The SMILES string of the molecule is CC1(C)Cn2c(Br)cnc2CN1. The molecule has 0 spiro atoms. The summed E-state index contributed by atoms with van der Waals surface area (Å²) in [5.41, 5.74) is 0.177. The molecule has 66 valence electrons. The summed E-state index contributed by atoms with van der Waals surface area (Å²) in [6.45, 7) is 6.23. The lowest BCUT2D eigenvalue weighted by Crippen LogP contribution is -2.47. The zero-order valence-corrected chi connectivity index (χ0v) is 8.85. The number of fused-ring (bicyclic) bond motifs is 1. The van der Waals surface area contributed by atoms with Crippen molar-refractivity contribution in [2.45, 2.75) is 32.5 Å². The lowest BCUT2D eigenvalue weighted by Gasteiger charge is -2.32. The van der Waals surface area contributed by atoms with Gasteiger partial charge in [0.15, 0.2) is 0 Å². The molecule has 0 bridgehead atoms. The maximum absolute atomic E-state index is 4.28. The molecule has 1 N–H and O–H groups in total. The Morgan fingerprint density at radius 3 is 3.17 bits per heavy atom. The second-order valence-electron chi connectivity index (χ2n) is 3.82. The first-order chi connectivity index (χ1) is 5.58. The van der Waals surface area contributed by atoms with Crippen molar-refractivity contribution in [3.05, 3.63) is 16.6 Å². The Morgan fingerprint density at radius 1 is 1.67 bits per heavy atom. The molecule has 0 aromatic carbocycles. The maximum atomic E-state index is 4.28. The number of halogens is 1. The molecule has 0 unspecified atom stereocenters. The third-order valence-corrected chi connectivity index (χ3v) is 2.80. The Morgan fingerprint density at radius 2 is 2.42 bits per heavy atom. The van der Waals surface area contributed by atoms with E-state index in [0.29, 0.717) is 0 Å². The van der Waals surface area contributed by atoms with E-state index in [4.69, 9.17) is 0 Å². The van der Waals surface area contributed by atoms with Gasteiger partial charge < -0.3 is 9.88 Å². The van der Waals surface area contributed by atoms with Crippen LogP contribution in [0.2, 0.25) is 0 Å². The van der Waals surface area contributed by atoms with Gasteiger partial charge in [0.1, 0.15) is 10.4 Å². The van der Waals surface area contributed by atoms with E-state index >= 15 is 0 Å². The highest BCUT2D eigenvalue weighted by molar-refractivity contribution is 9.10. The van der Waals surface area contributed by atoms with Gasteiger partial charge in [-0.3, -0.25) is 0 Å². The summed E-state index contributed by atoms with van der Waals surface area (Å²) in [5, 5.41) is 3.42. The predicted molar refractivity (Wildman–Crippen MR) is 50.8 cm³/mol. The van der Waals surface area contributed by atoms with E-state index in [1.54, 1.807) is 0 Å². The van der Waals surface area contributed by atoms with Gasteiger partial charge in [0, 0.05) is 12.1 Å². The molecule has 3 nitrogen and oxygen atoms in total. The van der Waals surface area contributed by atoms with Gasteiger partial charge in [0.05, 0.1) is 12.7 Å². The average molecular weight is 230 g/mol. The number of nitrogens with zero attached hydrogens (tertiary/aromatic N) is 2. The lowest BCUT2D eigenvalue weighted by molar-refractivity contribution is 0.287. The van der Waals surface area contributed by atoms with Crippen molar-refractivity contribution in [2.24, 2.45) is 0 Å². The zero-order valence-electron chi connectivity index (χ0n) is 7.26. The lowest BCUT2D eigenvalue weighted by atomic mass is 10.0. The van der Waals surface area contributed by atoms with E-state index in [-0.39, 0.29) is 5.54 Å². The van der Waals surface area contributed by atoms with Gasteiger partial charge in [0.2, 0.25) is 0 Å². The molecule has 1 aliphatic rings. The van der Waals surface area contributed by atoms with Crippen molar-refractivity contribution in [1.82, 2.24) is 14.9 Å². The van der Waals surface area contributed by atoms with E-state index in [2.05, 4.69) is 44.6 Å². The van der Waals surface area contributed by atoms with Crippen molar-refractivity contribution in [2.75, 3.05) is 0 Å². The summed E-state index contributed by atoms with van der Waals surface area (Å²) < 4.78 is 3.28. The fourth-order valence-electron chi connectivity index (χ4n) is 1.47. The highest BCUT2D eigenvalue weighted by Crippen LogP contribution is 2.21. The monoisotopic (exact) mass is 229 g/mol. The van der Waals surface area contributed by atoms with Crippen molar-refractivity contribution in [3.8, 4) is 0 Å². The van der Waals surface area contributed by atoms with Crippen LogP contribution in [0.1, 0.15) is 19.7 Å². The number of rotatable bonds is 0. The van der Waals surface area contributed by atoms with Crippen LogP contribution in [-0.2, 0) is 13.1 Å². The minimum Gasteiger partial charge on any atom is -0.320 e. The van der Waals surface area contributed by atoms with Gasteiger partial charge in [-0.2, -0.15) is 0 Å². The normalized spacial score (nSPS) is 20.6. The first-order valence-electron chi connectivity index (χ1n) is 4.03. The van der Waals surface area contributed by atoms with Crippen molar-refractivity contribution < 1.29 is 0 Å². The third kappa shape index (κ3) is 1.29. The molecule has 0 radical (unpaired) electrons. The molecule has 0 saturated heterocycles. The zero-order chi connectivity index (χ0) is 8.77. The molecule has 2 rings (SSSR count). The molecule has 2 heterocycles. The molecule has 1 aromatic rings. The number of nitrogens with one attached hydrogen (secondary N) is 1. The molecule has 12 heavy (non-hydrogen) atoms. The molecule has 0 aliphatic carbocycles. The number of hydrogen-bond acceptors (Lipinski definition) is 2. The molecule has 0 atom stereocenters. The van der Waals surface area contributed by atoms with Crippen LogP contribution < -0.4 is 5.32 Å². The Hall–Kier alpha value is -0.350. The first-order valence-corrected chi connectivity index (χ1v) is 4.83. The molecule has 0 fully saturated rings. The fourth-order valence-corrected chi connectivity index (χ4v) is 1.90. The molecule has 0 amide bonds. The minimum absolute atomic E-state index is 0.177. The van der Waals surface area contributed by atoms with Crippen LogP contribution in [0.5, 0.6) is 0 Å². The van der Waals surface area contributed by atoms with E-state index < -0.39 is 0 Å². The molecule has 1 aliphatic heterocycles. The van der Waals surface area contributed by atoms with Crippen molar-refractivity contribution in [3.63, 3.8) is 0 Å². The molecular formula is C8H12BrN3. The molecule has 0 saturated carbocycles. The average Bonchev–Trinajstić information content (AvgIpc) is 2.31. The molecule has 1 aromatic heterocycles. The quantitative estimate of drug-likeness (QED) is 0.732. The summed E-state index contributed by atoms with van der Waals surface area (Å²) in [5.74, 6) is 1.11. The summed E-state index contributed by atoms with van der Waals surface area (Å²) in [6.07, 6.45) is 1.86. The summed E-state index contributed by atoms with van der Waals surface area (Å²) in [7, 11) is 0.